The third kappa shape index (κ3) is 2.47. The minimum absolute atomic E-state index is 0.0325. The quantitative estimate of drug-likeness (QED) is 0.363. The van der Waals surface area contributed by atoms with Gasteiger partial charge in [-0.05, 0) is 36.2 Å². The predicted octanol–water partition coefficient (Wildman–Crippen LogP) is 1.98. The summed E-state index contributed by atoms with van der Waals surface area (Å²) in [6, 6.07) is 5.65. The molecule has 5 aliphatic rings. The number of likely N-dealkylation sites (tertiary alicyclic amines) is 1. The number of nitro groups is 1. The summed E-state index contributed by atoms with van der Waals surface area (Å²) in [5.74, 6) is 0.221. The Hall–Kier alpha value is -3.03. The van der Waals surface area contributed by atoms with Crippen LogP contribution in [0, 0.1) is 45.6 Å². The van der Waals surface area contributed by atoms with E-state index in [2.05, 4.69) is 17.5 Å². The smallest absolute Gasteiger partial charge is 0.271 e. The van der Waals surface area contributed by atoms with Crippen LogP contribution in [0.3, 0.4) is 0 Å². The van der Waals surface area contributed by atoms with Gasteiger partial charge >= 0.3 is 0 Å². The molecular formula is C20H19N3O5. The summed E-state index contributed by atoms with van der Waals surface area (Å²) in [6.07, 6.45) is 5.31. The van der Waals surface area contributed by atoms with Crippen LogP contribution < -0.4 is 5.32 Å². The maximum absolute atomic E-state index is 12.9. The fourth-order valence-electron chi connectivity index (χ4n) is 5.37. The Morgan fingerprint density at radius 1 is 1.14 bits per heavy atom. The van der Waals surface area contributed by atoms with Gasteiger partial charge in [-0.3, -0.25) is 29.4 Å². The molecule has 1 aliphatic heterocycles. The van der Waals surface area contributed by atoms with Gasteiger partial charge in [-0.2, -0.15) is 0 Å². The maximum Gasteiger partial charge on any atom is 0.271 e. The molecule has 0 radical (unpaired) electrons. The first-order valence-corrected chi connectivity index (χ1v) is 9.53. The van der Waals surface area contributed by atoms with Crippen molar-refractivity contribution in [1.82, 2.24) is 4.90 Å². The molecule has 1 N–H and O–H groups in total. The zero-order valence-corrected chi connectivity index (χ0v) is 15.0. The van der Waals surface area contributed by atoms with Gasteiger partial charge in [-0.25, -0.2) is 0 Å². The number of imide groups is 1. The van der Waals surface area contributed by atoms with Gasteiger partial charge in [0.2, 0.25) is 17.7 Å². The van der Waals surface area contributed by atoms with Crippen molar-refractivity contribution in [2.45, 2.75) is 12.8 Å². The van der Waals surface area contributed by atoms with Crippen LogP contribution >= 0.6 is 0 Å². The minimum atomic E-state index is -0.536. The van der Waals surface area contributed by atoms with Crippen molar-refractivity contribution in [3.63, 3.8) is 0 Å². The number of nitrogens with one attached hydrogen (secondary N) is 1. The standard InChI is InChI=1S/C20H19N3O5/c24-16(21-10-2-1-3-11(8-10)23(27)28)6-7-22-19(25)17-12-4-5-13(15-9-14(12)15)18(17)20(22)26/h1-5,8,12-15,17-18H,6-7,9H2,(H,21,24)/t12-,13-,14-,15-,17+,18+/m0/s1. The average molecular weight is 381 g/mol. The zero-order chi connectivity index (χ0) is 19.6. The molecule has 28 heavy (non-hydrogen) atoms. The van der Waals surface area contributed by atoms with E-state index in [9.17, 15) is 24.5 Å². The second-order valence-electron chi connectivity index (χ2n) is 8.09. The van der Waals surface area contributed by atoms with Gasteiger partial charge < -0.3 is 5.32 Å². The fraction of sp³-hybridized carbons (Fsp3) is 0.450. The minimum Gasteiger partial charge on any atom is -0.326 e. The van der Waals surface area contributed by atoms with Crippen molar-refractivity contribution in [3.05, 3.63) is 46.5 Å². The highest BCUT2D eigenvalue weighted by Crippen LogP contribution is 2.65. The van der Waals surface area contributed by atoms with Crippen LogP contribution in [-0.4, -0.2) is 34.1 Å². The first-order valence-electron chi connectivity index (χ1n) is 9.53. The Balaban J connectivity index is 1.23. The molecule has 0 aromatic heterocycles. The van der Waals surface area contributed by atoms with E-state index < -0.39 is 4.92 Å². The lowest BCUT2D eigenvalue weighted by molar-refractivity contribution is -0.384. The number of hydrogen-bond donors (Lipinski definition) is 1. The first-order chi connectivity index (χ1) is 13.5. The van der Waals surface area contributed by atoms with Crippen molar-refractivity contribution in [2.75, 3.05) is 11.9 Å². The summed E-state index contributed by atoms with van der Waals surface area (Å²) in [5.41, 5.74) is 0.197. The van der Waals surface area contributed by atoms with Gasteiger partial charge in [-0.15, -0.1) is 0 Å². The summed E-state index contributed by atoms with van der Waals surface area (Å²) in [4.78, 5) is 49.5. The Bertz CT molecular complexity index is 906. The van der Waals surface area contributed by atoms with E-state index >= 15 is 0 Å². The van der Waals surface area contributed by atoms with E-state index in [1.54, 1.807) is 6.07 Å². The molecule has 2 saturated carbocycles. The molecule has 6 rings (SSSR count). The van der Waals surface area contributed by atoms with E-state index in [1.165, 1.54) is 23.1 Å². The molecule has 1 saturated heterocycles. The van der Waals surface area contributed by atoms with Crippen molar-refractivity contribution >= 4 is 29.1 Å². The number of nitro benzene ring substituents is 1. The van der Waals surface area contributed by atoms with Gasteiger partial charge in [0.25, 0.3) is 5.69 Å². The van der Waals surface area contributed by atoms with E-state index in [4.69, 9.17) is 0 Å². The monoisotopic (exact) mass is 381 g/mol. The topological polar surface area (TPSA) is 110 Å². The molecule has 8 nitrogen and oxygen atoms in total. The number of non-ortho nitro benzene ring substituents is 1. The van der Waals surface area contributed by atoms with Crippen LogP contribution in [0.25, 0.3) is 0 Å². The van der Waals surface area contributed by atoms with Gasteiger partial charge in [0.05, 0.1) is 16.8 Å². The van der Waals surface area contributed by atoms with Crippen LogP contribution in [0.2, 0.25) is 0 Å². The van der Waals surface area contributed by atoms with Gasteiger partial charge in [0, 0.05) is 30.8 Å². The Kier molecular flexibility index (Phi) is 3.65. The van der Waals surface area contributed by atoms with E-state index in [-0.39, 0.29) is 60.0 Å². The normalized spacial score (nSPS) is 34.2. The maximum atomic E-state index is 12.9. The van der Waals surface area contributed by atoms with Gasteiger partial charge in [-0.1, -0.05) is 18.2 Å². The largest absolute Gasteiger partial charge is 0.326 e. The van der Waals surface area contributed by atoms with Crippen molar-refractivity contribution in [3.8, 4) is 0 Å². The molecule has 1 aromatic carbocycles. The lowest BCUT2D eigenvalue weighted by Gasteiger charge is -2.37. The molecule has 0 unspecified atom stereocenters. The second kappa shape index (κ2) is 5.98. The number of carbonyl (C=O) groups is 3. The van der Waals surface area contributed by atoms with Crippen LogP contribution in [0.4, 0.5) is 11.4 Å². The highest BCUT2D eigenvalue weighted by atomic mass is 16.6. The molecule has 3 fully saturated rings. The van der Waals surface area contributed by atoms with Crippen LogP contribution in [-0.2, 0) is 14.4 Å². The lowest BCUT2D eigenvalue weighted by Crippen LogP contribution is -2.40. The van der Waals surface area contributed by atoms with Crippen molar-refractivity contribution in [1.29, 1.82) is 0 Å². The number of carbonyl (C=O) groups excluding carboxylic acids is 3. The third-order valence-corrected chi connectivity index (χ3v) is 6.66. The molecule has 1 heterocycles. The third-order valence-electron chi connectivity index (χ3n) is 6.66. The van der Waals surface area contributed by atoms with Crippen molar-refractivity contribution < 1.29 is 19.3 Å². The second-order valence-corrected chi connectivity index (χ2v) is 8.09. The van der Waals surface area contributed by atoms with Gasteiger partial charge in [0.1, 0.15) is 0 Å². The summed E-state index contributed by atoms with van der Waals surface area (Å²) < 4.78 is 0. The SMILES string of the molecule is O=C(CCN1C(=O)[C@@H]2[C@H]3C=C[C@@H]([C@@H]4C[C@@H]34)[C@H]2C1=O)Nc1cccc([N+](=O)[O-])c1. The fourth-order valence-corrected chi connectivity index (χ4v) is 5.37. The Morgan fingerprint density at radius 2 is 1.79 bits per heavy atom. The number of rotatable bonds is 5. The average Bonchev–Trinajstić information content (AvgIpc) is 3.45. The van der Waals surface area contributed by atoms with Crippen LogP contribution in [0.5, 0.6) is 0 Å². The summed E-state index contributed by atoms with van der Waals surface area (Å²) in [7, 11) is 0. The summed E-state index contributed by atoms with van der Waals surface area (Å²) in [6.45, 7) is 0.0419. The summed E-state index contributed by atoms with van der Waals surface area (Å²) >= 11 is 0. The summed E-state index contributed by atoms with van der Waals surface area (Å²) in [5, 5.41) is 13.4. The van der Waals surface area contributed by atoms with Crippen LogP contribution in [0.1, 0.15) is 12.8 Å². The highest BCUT2D eigenvalue weighted by Gasteiger charge is 2.66. The Morgan fingerprint density at radius 3 is 2.39 bits per heavy atom. The first kappa shape index (κ1) is 17.1. The number of nitrogens with zero attached hydrogens (tertiary/aromatic N) is 2. The molecule has 144 valence electrons. The molecule has 4 aliphatic carbocycles. The van der Waals surface area contributed by atoms with Gasteiger partial charge in [0.15, 0.2) is 0 Å². The lowest BCUT2D eigenvalue weighted by atomic mass is 9.63. The molecular weight excluding hydrogens is 362 g/mol. The van der Waals surface area contributed by atoms with Crippen molar-refractivity contribution in [2.24, 2.45) is 35.5 Å². The molecule has 1 aromatic rings. The van der Waals surface area contributed by atoms with E-state index in [0.717, 1.165) is 6.42 Å². The molecule has 6 atom stereocenters. The number of anilines is 1. The molecule has 3 amide bonds. The number of hydrogen-bond acceptors (Lipinski definition) is 5. The predicted molar refractivity (Wildman–Crippen MR) is 97.8 cm³/mol. The highest BCUT2D eigenvalue weighted by molar-refractivity contribution is 6.06. The number of amides is 3. The molecule has 0 spiro atoms. The number of allylic oxidation sites excluding steroid dienone is 2. The van der Waals surface area contributed by atoms with Crippen LogP contribution in [0.15, 0.2) is 36.4 Å². The molecule has 8 heteroatoms. The van der Waals surface area contributed by atoms with E-state index in [0.29, 0.717) is 17.5 Å². The zero-order valence-electron chi connectivity index (χ0n) is 15.0. The number of benzene rings is 1. The van der Waals surface area contributed by atoms with E-state index in [1.807, 2.05) is 0 Å². The Labute approximate surface area is 160 Å². The molecule has 2 bridgehead atoms.